The molecule has 40 valence electrons. The summed E-state index contributed by atoms with van der Waals surface area (Å²) in [7, 11) is 0. The molecule has 0 aromatic heterocycles. The summed E-state index contributed by atoms with van der Waals surface area (Å²) in [5, 5.41) is 6.89. The lowest BCUT2D eigenvalue weighted by atomic mass is 10.8. The van der Waals surface area contributed by atoms with Crippen molar-refractivity contribution in [1.29, 1.82) is 0 Å². The van der Waals surface area contributed by atoms with Crippen molar-refractivity contribution in [3.05, 3.63) is 0 Å². The van der Waals surface area contributed by atoms with E-state index in [-0.39, 0.29) is 6.47 Å². The molecule has 0 bridgehead atoms. The van der Waals surface area contributed by atoms with Crippen molar-refractivity contribution >= 4 is 18.1 Å². The van der Waals surface area contributed by atoms with Gasteiger partial charge in [-0.25, -0.2) is 0 Å². The number of alkyl halides is 1. The molecule has 0 atom stereocenters. The van der Waals surface area contributed by atoms with Gasteiger partial charge in [-0.05, 0) is 0 Å². The molecule has 0 spiro atoms. The van der Waals surface area contributed by atoms with Crippen LogP contribution < -0.4 is 0 Å². The lowest BCUT2D eigenvalue weighted by Crippen LogP contribution is -1.49. The molecule has 0 radical (unpaired) electrons. The smallest absolute Gasteiger partial charge is 0.290 e. The Morgan fingerprint density at radius 3 is 2.14 bits per heavy atom. The molecule has 0 unspecified atom stereocenters. The van der Waals surface area contributed by atoms with Gasteiger partial charge in [-0.15, -0.1) is 18.0 Å². The molecule has 2 nitrogen and oxygen atoms in total. The van der Waals surface area contributed by atoms with Gasteiger partial charge in [-0.1, -0.05) is 5.92 Å². The Kier molecular flexibility index (Phi) is 25.3. The monoisotopic (exact) mass is 120 g/mol. The van der Waals surface area contributed by atoms with Crippen LogP contribution in [0.25, 0.3) is 0 Å². The maximum absolute atomic E-state index is 8.36. The molecule has 0 saturated carbocycles. The molecular weight excluding hydrogens is 115 g/mol. The van der Waals surface area contributed by atoms with Gasteiger partial charge in [0.05, 0.1) is 5.88 Å². The minimum absolute atomic E-state index is 0.250. The fourth-order valence-electron chi connectivity index (χ4n) is 0. The van der Waals surface area contributed by atoms with E-state index < -0.39 is 0 Å². The van der Waals surface area contributed by atoms with Gasteiger partial charge in [0.2, 0.25) is 0 Å². The summed E-state index contributed by atoms with van der Waals surface area (Å²) in [4.78, 5) is 8.36. The van der Waals surface area contributed by atoms with E-state index in [1.54, 1.807) is 0 Å². The topological polar surface area (TPSA) is 37.3 Å². The molecule has 3 heteroatoms. The number of rotatable bonds is 0. The highest BCUT2D eigenvalue weighted by Gasteiger charge is 1.46. The normalized spacial score (nSPS) is 4.57. The Bertz CT molecular complexity index is 64.6. The van der Waals surface area contributed by atoms with Crippen molar-refractivity contribution in [3.63, 3.8) is 0 Å². The zero-order valence-electron chi connectivity index (χ0n) is 3.60. The quantitative estimate of drug-likeness (QED) is 0.288. The van der Waals surface area contributed by atoms with Gasteiger partial charge in [0.25, 0.3) is 6.47 Å². The SMILES string of the molecule is C#CCCl.O=CO. The molecule has 7 heavy (non-hydrogen) atoms. The van der Waals surface area contributed by atoms with Gasteiger partial charge in [0.1, 0.15) is 0 Å². The van der Waals surface area contributed by atoms with Crippen molar-refractivity contribution in [1.82, 2.24) is 0 Å². The van der Waals surface area contributed by atoms with Crippen LogP contribution in [0.2, 0.25) is 0 Å². The summed E-state index contributed by atoms with van der Waals surface area (Å²) in [5.41, 5.74) is 0. The molecule has 0 heterocycles. The number of hydrogen-bond acceptors (Lipinski definition) is 1. The molecule has 0 amide bonds. The summed E-state index contributed by atoms with van der Waals surface area (Å²) >= 11 is 4.95. The molecule has 0 saturated heterocycles. The Hall–Kier alpha value is -0.680. The fraction of sp³-hybridized carbons (Fsp3) is 0.250. The Morgan fingerprint density at radius 2 is 2.14 bits per heavy atom. The zero-order chi connectivity index (χ0) is 6.12. The van der Waals surface area contributed by atoms with Crippen molar-refractivity contribution in [2.75, 3.05) is 5.88 Å². The minimum atomic E-state index is -0.250. The van der Waals surface area contributed by atoms with Gasteiger partial charge in [0, 0.05) is 0 Å². The summed E-state index contributed by atoms with van der Waals surface area (Å²) in [6.07, 6.45) is 4.65. The van der Waals surface area contributed by atoms with E-state index in [0.29, 0.717) is 5.88 Å². The van der Waals surface area contributed by atoms with Gasteiger partial charge in [-0.3, -0.25) is 4.79 Å². The second-order valence-corrected chi connectivity index (χ2v) is 0.710. The highest BCUT2D eigenvalue weighted by Crippen LogP contribution is 1.61. The summed E-state index contributed by atoms with van der Waals surface area (Å²) < 4.78 is 0. The van der Waals surface area contributed by atoms with Crippen molar-refractivity contribution in [2.24, 2.45) is 0 Å². The predicted octanol–water partition coefficient (Wildman–Crippen LogP) is 0.559. The van der Waals surface area contributed by atoms with Crippen LogP contribution in [-0.2, 0) is 4.79 Å². The van der Waals surface area contributed by atoms with E-state index >= 15 is 0 Å². The Labute approximate surface area is 47.1 Å². The third-order valence-corrected chi connectivity index (χ3v) is 0.231. The average Bonchev–Trinajstić information content (AvgIpc) is 1.69. The summed E-state index contributed by atoms with van der Waals surface area (Å²) in [6, 6.07) is 0. The van der Waals surface area contributed by atoms with E-state index in [1.165, 1.54) is 0 Å². The zero-order valence-corrected chi connectivity index (χ0v) is 4.35. The van der Waals surface area contributed by atoms with E-state index in [0.717, 1.165) is 0 Å². The van der Waals surface area contributed by atoms with Gasteiger partial charge >= 0.3 is 0 Å². The molecule has 0 aliphatic heterocycles. The maximum atomic E-state index is 8.36. The first-order chi connectivity index (χ1) is 3.33. The minimum Gasteiger partial charge on any atom is -0.483 e. The molecule has 0 aromatic carbocycles. The Morgan fingerprint density at radius 1 is 2.00 bits per heavy atom. The first-order valence-electron chi connectivity index (χ1n) is 1.40. The van der Waals surface area contributed by atoms with Crippen molar-refractivity contribution in [3.8, 4) is 12.3 Å². The van der Waals surface area contributed by atoms with Crippen LogP contribution in [0.3, 0.4) is 0 Å². The fourth-order valence-corrected chi connectivity index (χ4v) is 0. The van der Waals surface area contributed by atoms with Crippen LogP contribution >= 0.6 is 11.6 Å². The van der Waals surface area contributed by atoms with Crippen LogP contribution in [0.1, 0.15) is 0 Å². The largest absolute Gasteiger partial charge is 0.483 e. The standard InChI is InChI=1S/C3H3Cl.CH2O2/c1-2-3-4;2-1-3/h1H,3H2;1H,(H,2,3). The third-order valence-electron chi connectivity index (χ3n) is 0.0772. The summed E-state index contributed by atoms with van der Waals surface area (Å²) in [6.45, 7) is -0.250. The van der Waals surface area contributed by atoms with E-state index in [4.69, 9.17) is 21.5 Å². The lowest BCUT2D eigenvalue weighted by molar-refractivity contribution is -0.122. The van der Waals surface area contributed by atoms with Crippen LogP contribution in [0, 0.1) is 12.3 Å². The first-order valence-corrected chi connectivity index (χ1v) is 1.94. The van der Waals surface area contributed by atoms with Crippen LogP contribution in [0.4, 0.5) is 0 Å². The van der Waals surface area contributed by atoms with Gasteiger partial charge < -0.3 is 5.11 Å². The van der Waals surface area contributed by atoms with E-state index in [1.807, 2.05) is 0 Å². The number of carboxylic acid groups (broad SMARTS) is 1. The second-order valence-electron chi connectivity index (χ2n) is 0.443. The van der Waals surface area contributed by atoms with E-state index in [2.05, 4.69) is 12.3 Å². The number of halogens is 1. The highest BCUT2D eigenvalue weighted by molar-refractivity contribution is 6.19. The van der Waals surface area contributed by atoms with Crippen LogP contribution in [0.15, 0.2) is 0 Å². The summed E-state index contributed by atoms with van der Waals surface area (Å²) in [5.74, 6) is 2.52. The average molecular weight is 121 g/mol. The molecule has 1 N–H and O–H groups in total. The molecule has 0 aliphatic carbocycles. The van der Waals surface area contributed by atoms with Gasteiger partial charge in [0.15, 0.2) is 0 Å². The maximum Gasteiger partial charge on any atom is 0.290 e. The number of carbonyl (C=O) groups is 1. The Balaban J connectivity index is 0. The number of hydrogen-bond donors (Lipinski definition) is 1. The van der Waals surface area contributed by atoms with Crippen LogP contribution in [-0.4, -0.2) is 17.5 Å². The van der Waals surface area contributed by atoms with Crippen molar-refractivity contribution in [2.45, 2.75) is 0 Å². The molecule has 0 aliphatic rings. The van der Waals surface area contributed by atoms with E-state index in [9.17, 15) is 0 Å². The predicted molar refractivity (Wildman–Crippen MR) is 28.2 cm³/mol. The second kappa shape index (κ2) is 18.4. The lowest BCUT2D eigenvalue weighted by Gasteiger charge is -1.50. The molecule has 0 rings (SSSR count). The van der Waals surface area contributed by atoms with Crippen molar-refractivity contribution < 1.29 is 9.90 Å². The first kappa shape index (κ1) is 9.58. The molecule has 0 fully saturated rings. The third kappa shape index (κ3) is 573. The van der Waals surface area contributed by atoms with Gasteiger partial charge in [-0.2, -0.15) is 0 Å². The van der Waals surface area contributed by atoms with Crippen LogP contribution in [0.5, 0.6) is 0 Å². The molecule has 0 aromatic rings. The number of terminal acetylenes is 1. The molecular formula is C4H5ClO2. The highest BCUT2D eigenvalue weighted by atomic mass is 35.5.